The quantitative estimate of drug-likeness (QED) is 0.692. The average molecular weight is 225 g/mol. The summed E-state index contributed by atoms with van der Waals surface area (Å²) in [4.78, 5) is 29.2. The van der Waals surface area contributed by atoms with Crippen LogP contribution in [0.1, 0.15) is 19.5 Å². The number of esters is 1. The van der Waals surface area contributed by atoms with Crippen molar-refractivity contribution in [3.63, 3.8) is 0 Å². The molecule has 0 unspecified atom stereocenters. The van der Waals surface area contributed by atoms with E-state index in [2.05, 4.69) is 15.3 Å². The van der Waals surface area contributed by atoms with Crippen LogP contribution in [-0.4, -0.2) is 34.5 Å². The van der Waals surface area contributed by atoms with Gasteiger partial charge in [-0.15, -0.1) is 0 Å². The van der Waals surface area contributed by atoms with Gasteiger partial charge in [-0.25, -0.2) is 9.78 Å². The number of H-pyrrole nitrogens is 1. The van der Waals surface area contributed by atoms with E-state index in [0.29, 0.717) is 12.1 Å². The molecule has 6 heteroatoms. The molecular formula is C10H15N3O3. The minimum Gasteiger partial charge on any atom is -0.464 e. The van der Waals surface area contributed by atoms with Gasteiger partial charge < -0.3 is 15.0 Å². The fourth-order valence-corrected chi connectivity index (χ4v) is 1.29. The van der Waals surface area contributed by atoms with E-state index in [1.807, 2.05) is 0 Å². The number of nitrogens with one attached hydrogen (secondary N) is 2. The Labute approximate surface area is 93.4 Å². The van der Waals surface area contributed by atoms with Gasteiger partial charge in [0.25, 0.3) is 0 Å². The molecule has 1 aromatic rings. The van der Waals surface area contributed by atoms with Crippen LogP contribution in [0, 0.1) is 0 Å². The zero-order valence-electron chi connectivity index (χ0n) is 9.32. The van der Waals surface area contributed by atoms with Gasteiger partial charge in [0.2, 0.25) is 5.91 Å². The predicted molar refractivity (Wildman–Crippen MR) is 56.5 cm³/mol. The van der Waals surface area contributed by atoms with Crippen LogP contribution in [0.25, 0.3) is 0 Å². The molecule has 1 aromatic heterocycles. The minimum absolute atomic E-state index is 0.270. The lowest BCUT2D eigenvalue weighted by Crippen LogP contribution is -2.42. The highest BCUT2D eigenvalue weighted by Crippen LogP contribution is 2.00. The van der Waals surface area contributed by atoms with E-state index in [-0.39, 0.29) is 12.5 Å². The third-order valence-corrected chi connectivity index (χ3v) is 1.92. The summed E-state index contributed by atoms with van der Waals surface area (Å²) < 4.78 is 4.86. The minimum atomic E-state index is -0.680. The van der Waals surface area contributed by atoms with Crippen molar-refractivity contribution in [2.24, 2.45) is 0 Å². The maximum absolute atomic E-state index is 11.5. The number of ether oxygens (including phenoxy) is 1. The predicted octanol–water partition coefficient (Wildman–Crippen LogP) is 0.0200. The van der Waals surface area contributed by atoms with E-state index in [1.165, 1.54) is 13.3 Å². The number of imidazole rings is 1. The van der Waals surface area contributed by atoms with Crippen LogP contribution in [0.4, 0.5) is 0 Å². The second-order valence-electron chi connectivity index (χ2n) is 3.27. The summed E-state index contributed by atoms with van der Waals surface area (Å²) in [6.45, 7) is 3.36. The van der Waals surface area contributed by atoms with Gasteiger partial charge in [-0.2, -0.15) is 0 Å². The van der Waals surface area contributed by atoms with Crippen LogP contribution >= 0.6 is 0 Å². The van der Waals surface area contributed by atoms with Gasteiger partial charge in [0, 0.05) is 19.5 Å². The zero-order valence-corrected chi connectivity index (χ0v) is 9.32. The number of nitrogens with zero attached hydrogens (tertiary/aromatic N) is 1. The third kappa shape index (κ3) is 3.72. The molecule has 0 aliphatic heterocycles. The van der Waals surface area contributed by atoms with E-state index in [0.717, 1.165) is 0 Å². The molecule has 1 amide bonds. The number of carbonyl (C=O) groups excluding carboxylic acids is 2. The SMILES string of the molecule is CCOC(=O)[C@H](Cc1c[nH]cn1)NC(C)=O. The first-order valence-corrected chi connectivity index (χ1v) is 5.05. The molecule has 16 heavy (non-hydrogen) atoms. The molecule has 0 radical (unpaired) electrons. The highest BCUT2D eigenvalue weighted by molar-refractivity contribution is 5.83. The van der Waals surface area contributed by atoms with Crippen LogP contribution in [0.2, 0.25) is 0 Å². The van der Waals surface area contributed by atoms with Gasteiger partial charge in [0.05, 0.1) is 18.6 Å². The van der Waals surface area contributed by atoms with E-state index < -0.39 is 12.0 Å². The highest BCUT2D eigenvalue weighted by atomic mass is 16.5. The van der Waals surface area contributed by atoms with Gasteiger partial charge in [0.15, 0.2) is 0 Å². The Balaban J connectivity index is 2.63. The summed E-state index contributed by atoms with van der Waals surface area (Å²) in [5, 5.41) is 2.54. The normalized spacial score (nSPS) is 11.9. The standard InChI is InChI=1S/C10H15N3O3/c1-3-16-10(15)9(13-7(2)14)4-8-5-11-6-12-8/h5-6,9H,3-4H2,1-2H3,(H,11,12)(H,13,14)/t9-/m0/s1. The Morgan fingerprint density at radius 3 is 2.88 bits per heavy atom. The Kier molecular flexibility index (Phi) is 4.50. The molecule has 6 nitrogen and oxygen atoms in total. The first-order chi connectivity index (χ1) is 7.63. The van der Waals surface area contributed by atoms with Crippen molar-refractivity contribution in [3.05, 3.63) is 18.2 Å². The molecule has 0 aliphatic rings. The fourth-order valence-electron chi connectivity index (χ4n) is 1.29. The summed E-state index contributed by atoms with van der Waals surface area (Å²) in [7, 11) is 0. The molecule has 1 atom stereocenters. The van der Waals surface area contributed by atoms with Gasteiger partial charge in [0.1, 0.15) is 6.04 Å². The number of amides is 1. The van der Waals surface area contributed by atoms with Crippen molar-refractivity contribution in [3.8, 4) is 0 Å². The Morgan fingerprint density at radius 1 is 1.62 bits per heavy atom. The van der Waals surface area contributed by atoms with Crippen molar-refractivity contribution in [2.45, 2.75) is 26.3 Å². The molecule has 0 saturated carbocycles. The topological polar surface area (TPSA) is 84.1 Å². The van der Waals surface area contributed by atoms with Crippen LogP contribution < -0.4 is 5.32 Å². The van der Waals surface area contributed by atoms with E-state index in [1.54, 1.807) is 13.1 Å². The summed E-state index contributed by atoms with van der Waals surface area (Å²) in [6, 6.07) is -0.680. The lowest BCUT2D eigenvalue weighted by atomic mass is 10.1. The molecule has 1 heterocycles. The van der Waals surface area contributed by atoms with E-state index in [9.17, 15) is 9.59 Å². The van der Waals surface area contributed by atoms with Gasteiger partial charge in [-0.3, -0.25) is 4.79 Å². The molecule has 0 saturated heterocycles. The number of aromatic nitrogens is 2. The number of hydrogen-bond donors (Lipinski definition) is 2. The first kappa shape index (κ1) is 12.2. The van der Waals surface area contributed by atoms with Crippen LogP contribution in [0.5, 0.6) is 0 Å². The van der Waals surface area contributed by atoms with Gasteiger partial charge in [-0.1, -0.05) is 0 Å². The lowest BCUT2D eigenvalue weighted by Gasteiger charge is -2.14. The van der Waals surface area contributed by atoms with Crippen molar-refractivity contribution < 1.29 is 14.3 Å². The zero-order chi connectivity index (χ0) is 12.0. The Morgan fingerprint density at radius 2 is 2.38 bits per heavy atom. The molecular weight excluding hydrogens is 210 g/mol. The largest absolute Gasteiger partial charge is 0.464 e. The van der Waals surface area contributed by atoms with Crippen molar-refractivity contribution >= 4 is 11.9 Å². The van der Waals surface area contributed by atoms with Crippen LogP contribution in [0.3, 0.4) is 0 Å². The molecule has 88 valence electrons. The maximum Gasteiger partial charge on any atom is 0.329 e. The Bertz CT molecular complexity index is 348. The molecule has 0 fully saturated rings. The number of hydrogen-bond acceptors (Lipinski definition) is 4. The maximum atomic E-state index is 11.5. The molecule has 2 N–H and O–H groups in total. The van der Waals surface area contributed by atoms with Gasteiger partial charge >= 0.3 is 5.97 Å². The molecule has 0 bridgehead atoms. The number of carbonyl (C=O) groups is 2. The van der Waals surface area contributed by atoms with Crippen molar-refractivity contribution in [1.29, 1.82) is 0 Å². The smallest absolute Gasteiger partial charge is 0.329 e. The number of aromatic amines is 1. The van der Waals surface area contributed by atoms with Crippen LogP contribution in [-0.2, 0) is 20.7 Å². The van der Waals surface area contributed by atoms with E-state index >= 15 is 0 Å². The summed E-state index contributed by atoms with van der Waals surface area (Å²) >= 11 is 0. The molecule has 1 rings (SSSR count). The third-order valence-electron chi connectivity index (χ3n) is 1.92. The summed E-state index contributed by atoms with van der Waals surface area (Å²) in [5.74, 6) is -0.714. The van der Waals surface area contributed by atoms with E-state index in [4.69, 9.17) is 4.74 Å². The van der Waals surface area contributed by atoms with Gasteiger partial charge in [-0.05, 0) is 6.92 Å². The summed E-state index contributed by atoms with van der Waals surface area (Å²) in [6.07, 6.45) is 3.52. The van der Waals surface area contributed by atoms with Crippen molar-refractivity contribution in [2.75, 3.05) is 6.61 Å². The number of rotatable bonds is 5. The molecule has 0 aromatic carbocycles. The first-order valence-electron chi connectivity index (χ1n) is 5.05. The van der Waals surface area contributed by atoms with Crippen LogP contribution in [0.15, 0.2) is 12.5 Å². The summed E-state index contributed by atoms with van der Waals surface area (Å²) in [5.41, 5.74) is 0.701. The average Bonchev–Trinajstić information content (AvgIpc) is 2.69. The second-order valence-corrected chi connectivity index (χ2v) is 3.27. The lowest BCUT2D eigenvalue weighted by molar-refractivity contribution is -0.147. The molecule has 0 aliphatic carbocycles. The van der Waals surface area contributed by atoms with Crippen molar-refractivity contribution in [1.82, 2.24) is 15.3 Å². The second kappa shape index (κ2) is 5.89. The monoisotopic (exact) mass is 225 g/mol. The highest BCUT2D eigenvalue weighted by Gasteiger charge is 2.21. The molecule has 0 spiro atoms. The fraction of sp³-hybridized carbons (Fsp3) is 0.500. The Hall–Kier alpha value is -1.85.